The lowest BCUT2D eigenvalue weighted by Crippen LogP contribution is -2.30. The molecule has 0 bridgehead atoms. The molecule has 1 fully saturated rings. The molecule has 4 rings (SSSR count). The first-order valence-corrected chi connectivity index (χ1v) is 12.7. The highest BCUT2D eigenvalue weighted by Gasteiger charge is 2.32. The minimum absolute atomic E-state index is 0.00221. The number of rotatable bonds is 8. The van der Waals surface area contributed by atoms with Crippen LogP contribution in [0, 0.1) is 18.8 Å². The molecule has 0 unspecified atom stereocenters. The van der Waals surface area contributed by atoms with Gasteiger partial charge in [-0.05, 0) is 79.3 Å². The highest BCUT2D eigenvalue weighted by atomic mass is 16.3. The summed E-state index contributed by atoms with van der Waals surface area (Å²) >= 11 is 0. The van der Waals surface area contributed by atoms with Gasteiger partial charge in [0.05, 0.1) is 11.7 Å². The molecule has 2 aliphatic rings. The maximum absolute atomic E-state index is 13.1. The van der Waals surface area contributed by atoms with Crippen molar-refractivity contribution in [2.24, 2.45) is 11.8 Å². The maximum atomic E-state index is 13.1. The topological polar surface area (TPSA) is 65.5 Å². The molecule has 1 saturated carbocycles. The number of pyridine rings is 1. The van der Waals surface area contributed by atoms with Crippen LogP contribution in [0.15, 0.2) is 36.5 Å². The molecule has 33 heavy (non-hydrogen) atoms. The predicted molar refractivity (Wildman–Crippen MR) is 132 cm³/mol. The number of hydrogen-bond donors (Lipinski definition) is 2. The molecule has 2 aromatic rings. The summed E-state index contributed by atoms with van der Waals surface area (Å²) in [5.74, 6) is 1.57. The van der Waals surface area contributed by atoms with E-state index in [0.29, 0.717) is 18.0 Å². The summed E-state index contributed by atoms with van der Waals surface area (Å²) in [6.45, 7) is 8.73. The predicted octanol–water partition coefficient (Wildman–Crippen LogP) is 5.34. The van der Waals surface area contributed by atoms with Crippen molar-refractivity contribution in [2.75, 3.05) is 13.2 Å². The largest absolute Gasteiger partial charge is 0.396 e. The van der Waals surface area contributed by atoms with Gasteiger partial charge in [-0.15, -0.1) is 0 Å². The van der Waals surface area contributed by atoms with E-state index in [4.69, 9.17) is 0 Å². The molecule has 5 heteroatoms. The van der Waals surface area contributed by atoms with E-state index in [-0.39, 0.29) is 18.6 Å². The standard InChI is InChI=1S/C28H39N3O2/c1-4-27-24-11-10-22(15-23(24)18-31(27)17-21-8-5-19(2)6-9-21)28(33)30-26(13-14-32)25-12-7-20(3)16-29-25/h7,10-12,15-16,19,21,26-27,32H,4-6,8-9,13-14,17-18H2,1-3H3,(H,30,33)/t19-,21-,26-,27+/m0/s1. The van der Waals surface area contributed by atoms with Gasteiger partial charge in [-0.1, -0.05) is 38.8 Å². The molecule has 1 aromatic heterocycles. The number of aryl methyl sites for hydroxylation is 1. The zero-order valence-corrected chi connectivity index (χ0v) is 20.4. The van der Waals surface area contributed by atoms with E-state index < -0.39 is 0 Å². The Kier molecular flexibility index (Phi) is 7.82. The Morgan fingerprint density at radius 3 is 2.67 bits per heavy atom. The second-order valence-corrected chi connectivity index (χ2v) is 10.2. The first kappa shape index (κ1) is 23.9. The molecule has 1 aromatic carbocycles. The summed E-state index contributed by atoms with van der Waals surface area (Å²) in [5, 5.41) is 12.6. The highest BCUT2D eigenvalue weighted by molar-refractivity contribution is 5.94. The van der Waals surface area contributed by atoms with Crippen molar-refractivity contribution in [2.45, 2.75) is 77.9 Å². The zero-order chi connectivity index (χ0) is 23.4. The van der Waals surface area contributed by atoms with Crippen LogP contribution in [0.4, 0.5) is 0 Å². The van der Waals surface area contributed by atoms with Gasteiger partial charge >= 0.3 is 0 Å². The van der Waals surface area contributed by atoms with Gasteiger partial charge < -0.3 is 10.4 Å². The summed E-state index contributed by atoms with van der Waals surface area (Å²) < 4.78 is 0. The van der Waals surface area contributed by atoms with Crippen molar-refractivity contribution in [3.8, 4) is 0 Å². The fourth-order valence-electron chi connectivity index (χ4n) is 5.60. The zero-order valence-electron chi connectivity index (χ0n) is 20.4. The normalized spacial score (nSPS) is 23.8. The number of aliphatic hydroxyl groups excluding tert-OH is 1. The molecule has 0 saturated heterocycles. The van der Waals surface area contributed by atoms with E-state index in [1.54, 1.807) is 6.20 Å². The third kappa shape index (κ3) is 5.64. The van der Waals surface area contributed by atoms with Crippen LogP contribution in [0.3, 0.4) is 0 Å². The maximum Gasteiger partial charge on any atom is 0.251 e. The molecule has 1 aliphatic heterocycles. The average molecular weight is 450 g/mol. The highest BCUT2D eigenvalue weighted by Crippen LogP contribution is 2.39. The monoisotopic (exact) mass is 449 g/mol. The molecule has 2 atom stereocenters. The molecule has 1 aliphatic carbocycles. The van der Waals surface area contributed by atoms with Crippen LogP contribution in [0.5, 0.6) is 0 Å². The van der Waals surface area contributed by atoms with Gasteiger partial charge in [0.2, 0.25) is 0 Å². The Hall–Kier alpha value is -2.24. The Morgan fingerprint density at radius 2 is 2.00 bits per heavy atom. The average Bonchev–Trinajstić information content (AvgIpc) is 3.16. The Bertz CT molecular complexity index is 935. The number of nitrogens with zero attached hydrogens (tertiary/aromatic N) is 2. The SMILES string of the molecule is CC[C@@H]1c2ccc(C(=O)N[C@@H](CCO)c3ccc(C)cn3)cc2CN1C[C@H]1CC[C@H](C)CC1. The molecule has 2 N–H and O–H groups in total. The van der Waals surface area contributed by atoms with Gasteiger partial charge in [0.1, 0.15) is 0 Å². The van der Waals surface area contributed by atoms with E-state index in [1.165, 1.54) is 43.4 Å². The quantitative estimate of drug-likeness (QED) is 0.571. The molecular weight excluding hydrogens is 410 g/mol. The van der Waals surface area contributed by atoms with Crippen LogP contribution in [-0.2, 0) is 6.54 Å². The van der Waals surface area contributed by atoms with Crippen molar-refractivity contribution >= 4 is 5.91 Å². The van der Waals surface area contributed by atoms with E-state index >= 15 is 0 Å². The van der Waals surface area contributed by atoms with E-state index in [1.807, 2.05) is 25.1 Å². The summed E-state index contributed by atoms with van der Waals surface area (Å²) in [4.78, 5) is 20.2. The van der Waals surface area contributed by atoms with Gasteiger partial charge in [0.15, 0.2) is 0 Å². The van der Waals surface area contributed by atoms with Crippen LogP contribution < -0.4 is 5.32 Å². The fourth-order valence-corrected chi connectivity index (χ4v) is 5.60. The van der Waals surface area contributed by atoms with Crippen LogP contribution in [-0.4, -0.2) is 34.0 Å². The number of nitrogens with one attached hydrogen (secondary N) is 1. The Balaban J connectivity index is 1.45. The number of carbonyl (C=O) groups excluding carboxylic acids is 1. The first-order valence-electron chi connectivity index (χ1n) is 12.7. The van der Waals surface area contributed by atoms with Crippen molar-refractivity contribution < 1.29 is 9.90 Å². The van der Waals surface area contributed by atoms with Gasteiger partial charge in [0.25, 0.3) is 5.91 Å². The molecule has 0 spiro atoms. The lowest BCUT2D eigenvalue weighted by Gasteiger charge is -2.32. The van der Waals surface area contributed by atoms with Gasteiger partial charge in [0, 0.05) is 37.5 Å². The summed E-state index contributed by atoms with van der Waals surface area (Å²) in [5.41, 5.74) is 5.20. The lowest BCUT2D eigenvalue weighted by atomic mass is 9.82. The number of aliphatic hydroxyl groups is 1. The number of benzene rings is 1. The molecule has 5 nitrogen and oxygen atoms in total. The molecular formula is C28H39N3O2. The van der Waals surface area contributed by atoms with E-state index in [2.05, 4.69) is 41.2 Å². The molecule has 178 valence electrons. The number of amides is 1. The Morgan fingerprint density at radius 1 is 1.21 bits per heavy atom. The molecule has 2 heterocycles. The minimum Gasteiger partial charge on any atom is -0.396 e. The van der Waals surface area contributed by atoms with Crippen LogP contribution in [0.1, 0.15) is 97.2 Å². The van der Waals surface area contributed by atoms with Crippen molar-refractivity contribution in [3.63, 3.8) is 0 Å². The smallest absolute Gasteiger partial charge is 0.251 e. The van der Waals surface area contributed by atoms with Crippen molar-refractivity contribution in [1.82, 2.24) is 15.2 Å². The number of carbonyl (C=O) groups is 1. The Labute approximate surface area is 198 Å². The molecule has 1 amide bonds. The van der Waals surface area contributed by atoms with Gasteiger partial charge in [-0.2, -0.15) is 0 Å². The third-order valence-electron chi connectivity index (χ3n) is 7.61. The van der Waals surface area contributed by atoms with Crippen LogP contribution >= 0.6 is 0 Å². The molecule has 0 radical (unpaired) electrons. The number of hydrogen-bond acceptors (Lipinski definition) is 4. The number of fused-ring (bicyclic) bond motifs is 1. The lowest BCUT2D eigenvalue weighted by molar-refractivity contribution is 0.0928. The second kappa shape index (κ2) is 10.8. The van der Waals surface area contributed by atoms with Crippen molar-refractivity contribution in [3.05, 3.63) is 64.5 Å². The second-order valence-electron chi connectivity index (χ2n) is 10.2. The third-order valence-corrected chi connectivity index (χ3v) is 7.61. The van der Waals surface area contributed by atoms with Crippen LogP contribution in [0.25, 0.3) is 0 Å². The summed E-state index contributed by atoms with van der Waals surface area (Å²) in [6.07, 6.45) is 8.75. The van der Waals surface area contributed by atoms with E-state index in [0.717, 1.165) is 36.1 Å². The summed E-state index contributed by atoms with van der Waals surface area (Å²) in [7, 11) is 0. The fraction of sp³-hybridized carbons (Fsp3) is 0.571. The number of aromatic nitrogens is 1. The van der Waals surface area contributed by atoms with E-state index in [9.17, 15) is 9.90 Å². The van der Waals surface area contributed by atoms with Crippen molar-refractivity contribution in [1.29, 1.82) is 0 Å². The first-order chi connectivity index (χ1) is 16.0. The van der Waals surface area contributed by atoms with Gasteiger partial charge in [-0.3, -0.25) is 14.7 Å². The summed E-state index contributed by atoms with van der Waals surface area (Å²) in [6, 6.07) is 10.3. The minimum atomic E-state index is -0.301. The van der Waals surface area contributed by atoms with Crippen LogP contribution in [0.2, 0.25) is 0 Å². The van der Waals surface area contributed by atoms with Gasteiger partial charge in [-0.25, -0.2) is 0 Å².